The Morgan fingerprint density at radius 3 is 0.364 bits per heavy atom. The maximum Gasteiger partial charge on any atom is 0.161 e. The van der Waals surface area contributed by atoms with E-state index < -0.39 is 0 Å². The van der Waals surface area contributed by atoms with Crippen LogP contribution in [-0.4, -0.2) is 110 Å². The quantitative estimate of drug-likeness (QED) is 0.0231. The number of hydrogen-bond acceptors (Lipinski definition) is 12. The Kier molecular flexibility index (Phi) is 56.5. The van der Waals surface area contributed by atoms with Crippen LogP contribution < -0.4 is 28.4 Å². The minimum Gasteiger partial charge on any atom is -0.490 e. The summed E-state index contributed by atoms with van der Waals surface area (Å²) in [5, 5.41) is 55.4. The molecule has 3 aromatic rings. The van der Waals surface area contributed by atoms with E-state index in [1.54, 1.807) is 0 Å². The first-order valence-corrected chi connectivity index (χ1v) is 41.9. The zero-order chi connectivity index (χ0) is 70.2. The summed E-state index contributed by atoms with van der Waals surface area (Å²) < 4.78 is 41.5. The summed E-state index contributed by atoms with van der Waals surface area (Å²) in [6.07, 6.45) is 63.8. The lowest BCUT2D eigenvalue weighted by Gasteiger charge is -2.20. The second-order valence-corrected chi connectivity index (χ2v) is 29.3. The molecule has 0 saturated carbocycles. The van der Waals surface area contributed by atoms with Crippen molar-refractivity contribution in [3.63, 3.8) is 0 Å². The van der Waals surface area contributed by atoms with Crippen LogP contribution in [0.5, 0.6) is 34.5 Å². The topological polar surface area (TPSA) is 177 Å². The van der Waals surface area contributed by atoms with Gasteiger partial charge in [-0.25, -0.2) is 0 Å². The molecule has 1 aliphatic rings. The Morgan fingerprint density at radius 2 is 0.253 bits per heavy atom. The maximum atomic E-state index is 9.24. The monoisotopic (exact) mass is 1390 g/mol. The van der Waals surface area contributed by atoms with Crippen molar-refractivity contribution in [2.24, 2.45) is 0 Å². The van der Waals surface area contributed by atoms with Gasteiger partial charge in [0.05, 0.1) is 39.6 Å². The van der Waals surface area contributed by atoms with Crippen LogP contribution >= 0.6 is 0 Å². The molecule has 0 radical (unpaired) electrons. The number of unbranched alkanes of at least 4 members (excludes halogenated alkanes) is 48. The molecule has 0 unspecified atom stereocenters. The van der Waals surface area contributed by atoms with Gasteiger partial charge in [0.2, 0.25) is 0 Å². The van der Waals surface area contributed by atoms with Crippen LogP contribution in [0, 0.1) is 0 Å². The van der Waals surface area contributed by atoms with E-state index in [1.807, 2.05) is 0 Å². The SMILES string of the molecule is OCCCCCCCCCCCOc1cc2c(cc1OCCCCCCCCCCCO)Cc1cc(OCCCCCCCCCCCO)c(OCCCCCCCCCCCO)cc1Cc1cc(OCCCCCCCCCCCO)c(OCCCCCCCCCCCO)cc1C2. The van der Waals surface area contributed by atoms with Crippen molar-refractivity contribution < 1.29 is 59.1 Å². The number of ether oxygens (including phenoxy) is 6. The second-order valence-electron chi connectivity index (χ2n) is 29.3. The van der Waals surface area contributed by atoms with Gasteiger partial charge in [0.15, 0.2) is 34.5 Å². The Bertz CT molecular complexity index is 1900. The van der Waals surface area contributed by atoms with Gasteiger partial charge in [-0.05, 0) is 166 Å². The van der Waals surface area contributed by atoms with E-state index in [9.17, 15) is 30.6 Å². The van der Waals surface area contributed by atoms with Crippen LogP contribution in [0.3, 0.4) is 0 Å². The minimum absolute atomic E-state index is 0.294. The van der Waals surface area contributed by atoms with Gasteiger partial charge in [-0.3, -0.25) is 0 Å². The van der Waals surface area contributed by atoms with Gasteiger partial charge >= 0.3 is 0 Å². The molecule has 12 heteroatoms. The summed E-state index contributed by atoms with van der Waals surface area (Å²) in [5.74, 6) is 4.99. The highest BCUT2D eigenvalue weighted by Crippen LogP contribution is 2.42. The summed E-state index contributed by atoms with van der Waals surface area (Å²) >= 11 is 0. The molecule has 0 aliphatic heterocycles. The van der Waals surface area contributed by atoms with Gasteiger partial charge < -0.3 is 59.1 Å². The summed E-state index contributed by atoms with van der Waals surface area (Å²) in [7, 11) is 0. The molecule has 0 aromatic heterocycles. The predicted octanol–water partition coefficient (Wildman–Crippen LogP) is 22.1. The number of aliphatic hydroxyl groups excluding tert-OH is 6. The molecule has 570 valence electrons. The molecular formula is C87H150O12. The molecular weight excluding hydrogens is 1240 g/mol. The fourth-order valence-corrected chi connectivity index (χ4v) is 14.0. The van der Waals surface area contributed by atoms with Crippen LogP contribution in [0.15, 0.2) is 36.4 Å². The Hall–Kier alpha value is -3.78. The van der Waals surface area contributed by atoms with Gasteiger partial charge in [0.25, 0.3) is 0 Å². The van der Waals surface area contributed by atoms with Gasteiger partial charge in [-0.1, -0.05) is 270 Å². The lowest BCUT2D eigenvalue weighted by Crippen LogP contribution is -2.07. The largest absolute Gasteiger partial charge is 0.490 e. The zero-order valence-electron chi connectivity index (χ0n) is 63.4. The van der Waals surface area contributed by atoms with Gasteiger partial charge in [-0.2, -0.15) is 0 Å². The first-order valence-electron chi connectivity index (χ1n) is 41.9. The molecule has 0 fully saturated rings. The van der Waals surface area contributed by atoms with Crippen molar-refractivity contribution in [2.45, 2.75) is 366 Å². The Labute approximate surface area is 605 Å². The summed E-state index contributed by atoms with van der Waals surface area (Å²) in [5.41, 5.74) is 7.40. The first-order chi connectivity index (χ1) is 49.0. The fraction of sp³-hybridized carbons (Fsp3) is 0.793. The molecule has 0 saturated heterocycles. The van der Waals surface area contributed by atoms with E-state index in [0.29, 0.717) is 98.5 Å². The molecule has 0 bridgehead atoms. The van der Waals surface area contributed by atoms with Crippen LogP contribution in [0.2, 0.25) is 0 Å². The summed E-state index contributed by atoms with van der Waals surface area (Å²) in [6.45, 7) is 5.59. The van der Waals surface area contributed by atoms with Gasteiger partial charge in [-0.15, -0.1) is 0 Å². The van der Waals surface area contributed by atoms with Crippen LogP contribution in [0.1, 0.15) is 380 Å². The maximum absolute atomic E-state index is 9.24. The fourth-order valence-electron chi connectivity index (χ4n) is 14.0. The molecule has 12 nitrogen and oxygen atoms in total. The van der Waals surface area contributed by atoms with Gasteiger partial charge in [0.1, 0.15) is 0 Å². The molecule has 0 heterocycles. The van der Waals surface area contributed by atoms with E-state index in [-0.39, 0.29) is 0 Å². The van der Waals surface area contributed by atoms with Crippen molar-refractivity contribution in [2.75, 3.05) is 79.3 Å². The average molecular weight is 1390 g/mol. The summed E-state index contributed by atoms with van der Waals surface area (Å²) in [6, 6.07) is 13.9. The third-order valence-electron chi connectivity index (χ3n) is 20.3. The van der Waals surface area contributed by atoms with Crippen molar-refractivity contribution >= 4 is 0 Å². The van der Waals surface area contributed by atoms with Crippen molar-refractivity contribution in [3.05, 3.63) is 69.8 Å². The zero-order valence-corrected chi connectivity index (χ0v) is 63.4. The smallest absolute Gasteiger partial charge is 0.161 e. The highest BCUT2D eigenvalue weighted by Gasteiger charge is 2.24. The van der Waals surface area contributed by atoms with Crippen molar-refractivity contribution in [1.29, 1.82) is 0 Å². The summed E-state index contributed by atoms with van der Waals surface area (Å²) in [4.78, 5) is 0. The number of hydrogen-bond donors (Lipinski definition) is 6. The van der Waals surface area contributed by atoms with E-state index in [2.05, 4.69) is 36.4 Å². The molecule has 3 aromatic carbocycles. The van der Waals surface area contributed by atoms with Crippen LogP contribution in [0.4, 0.5) is 0 Å². The van der Waals surface area contributed by atoms with Crippen LogP contribution in [0.25, 0.3) is 0 Å². The predicted molar refractivity (Wildman–Crippen MR) is 413 cm³/mol. The lowest BCUT2D eigenvalue weighted by atomic mass is 9.94. The molecule has 1 aliphatic carbocycles. The lowest BCUT2D eigenvalue weighted by molar-refractivity contribution is 0.257. The van der Waals surface area contributed by atoms with E-state index >= 15 is 0 Å². The van der Waals surface area contributed by atoms with Crippen LogP contribution in [-0.2, 0) is 19.3 Å². The van der Waals surface area contributed by atoms with E-state index in [4.69, 9.17) is 28.4 Å². The third kappa shape index (κ3) is 44.5. The molecule has 0 spiro atoms. The second kappa shape index (κ2) is 63.9. The molecule has 6 N–H and O–H groups in total. The highest BCUT2D eigenvalue weighted by atomic mass is 16.5. The Morgan fingerprint density at radius 1 is 0.152 bits per heavy atom. The van der Waals surface area contributed by atoms with Crippen molar-refractivity contribution in [1.82, 2.24) is 0 Å². The van der Waals surface area contributed by atoms with E-state index in [1.165, 1.54) is 226 Å². The number of benzene rings is 3. The number of fused-ring (bicyclic) bond motifs is 3. The Balaban J connectivity index is 1.73. The first kappa shape index (κ1) is 87.6. The molecule has 4 rings (SSSR count). The molecule has 99 heavy (non-hydrogen) atoms. The third-order valence-corrected chi connectivity index (χ3v) is 20.3. The van der Waals surface area contributed by atoms with E-state index in [0.717, 1.165) is 189 Å². The standard InChI is InChI=1S/C87H150O12/c88-55-43-31-19-7-1-13-25-37-49-61-94-82-70-76-67-78-72-84(96-63-51-39-27-15-3-9-21-33-45-57-90)86(98-65-53-41-29-17-5-11-23-35-47-59-92)74-80(78)69-81-75-87(99-66-54-42-30-18-6-12-24-36-48-60-93)85(97-64-52-40-28-16-4-10-22-34-46-58-91)73-79(81)68-77(76)71-83(82)95-62-50-38-26-14-2-8-20-32-44-56-89/h70-75,88-93H,1-69H2. The normalized spacial score (nSPS) is 12.1. The highest BCUT2D eigenvalue weighted by molar-refractivity contribution is 5.58. The molecule has 0 atom stereocenters. The van der Waals surface area contributed by atoms with Gasteiger partial charge in [0, 0.05) is 39.6 Å². The number of rotatable bonds is 72. The number of aliphatic hydroxyl groups is 6. The molecule has 0 amide bonds. The minimum atomic E-state index is 0.294. The van der Waals surface area contributed by atoms with Crippen molar-refractivity contribution in [3.8, 4) is 34.5 Å². The average Bonchev–Trinajstić information content (AvgIpc) is 1.72.